The van der Waals surface area contributed by atoms with Gasteiger partial charge < -0.3 is 25.4 Å². The highest BCUT2D eigenvalue weighted by Gasteiger charge is 2.58. The highest BCUT2D eigenvalue weighted by Crippen LogP contribution is 2.50. The van der Waals surface area contributed by atoms with Gasteiger partial charge in [-0.05, 0) is 44.1 Å². The number of rotatable bonds is 8. The van der Waals surface area contributed by atoms with Crippen molar-refractivity contribution in [2.45, 2.75) is 43.9 Å². The Kier molecular flexibility index (Phi) is 8.01. The number of imidazole rings is 1. The topological polar surface area (TPSA) is 126 Å². The summed E-state index contributed by atoms with van der Waals surface area (Å²) in [5, 5.41) is 12.4. The number of anilines is 1. The van der Waals surface area contributed by atoms with Gasteiger partial charge in [0.05, 0.1) is 28.0 Å². The van der Waals surface area contributed by atoms with Gasteiger partial charge in [-0.25, -0.2) is 13.8 Å². The monoisotopic (exact) mass is 694 g/mol. The van der Waals surface area contributed by atoms with Crippen molar-refractivity contribution in [2.24, 2.45) is 30.7 Å². The fourth-order valence-corrected chi connectivity index (χ4v) is 7.18. The van der Waals surface area contributed by atoms with Crippen LogP contribution in [0.2, 0.25) is 5.02 Å². The lowest BCUT2D eigenvalue weighted by Crippen LogP contribution is -2.43. The summed E-state index contributed by atoms with van der Waals surface area (Å²) in [5.41, 5.74) is -1.35. The van der Waals surface area contributed by atoms with Gasteiger partial charge >= 0.3 is 6.18 Å². The summed E-state index contributed by atoms with van der Waals surface area (Å²) in [7, 11) is 1.35. The van der Waals surface area contributed by atoms with E-state index in [1.165, 1.54) is 25.2 Å². The van der Waals surface area contributed by atoms with E-state index in [4.69, 9.17) is 11.6 Å². The number of piperidine rings is 2. The molecule has 3 aromatic rings. The number of halogens is 6. The molecule has 4 fully saturated rings. The van der Waals surface area contributed by atoms with E-state index in [9.17, 15) is 36.3 Å². The number of likely N-dealkylation sites (tertiary alicyclic amines) is 1. The highest BCUT2D eigenvalue weighted by molar-refractivity contribution is 6.34. The number of amides is 3. The molecule has 17 heteroatoms. The van der Waals surface area contributed by atoms with Crippen molar-refractivity contribution in [2.75, 3.05) is 31.5 Å². The summed E-state index contributed by atoms with van der Waals surface area (Å²) in [6, 6.07) is 4.25. The largest absolute Gasteiger partial charge is 0.435 e. The van der Waals surface area contributed by atoms with Crippen LogP contribution in [0.5, 0.6) is 0 Å². The van der Waals surface area contributed by atoms with Crippen LogP contribution >= 0.6 is 11.6 Å². The first-order chi connectivity index (χ1) is 22.7. The van der Waals surface area contributed by atoms with Crippen molar-refractivity contribution in [3.63, 3.8) is 0 Å². The quantitative estimate of drug-likeness (QED) is 0.306. The zero-order chi connectivity index (χ0) is 34.1. The number of hydrogen-bond acceptors (Lipinski definition) is 6. The van der Waals surface area contributed by atoms with Crippen molar-refractivity contribution in [3.05, 3.63) is 52.7 Å². The molecule has 7 rings (SSSR count). The molecule has 4 heterocycles. The van der Waals surface area contributed by atoms with Gasteiger partial charge in [-0.3, -0.25) is 19.1 Å². The van der Waals surface area contributed by atoms with Crippen LogP contribution in [0.3, 0.4) is 0 Å². The molecule has 48 heavy (non-hydrogen) atoms. The smallest absolute Gasteiger partial charge is 0.349 e. The standard InChI is InChI=1S/C31H32ClF5N8O3/c1-43-23(21-14-45(11-16-9-30(16,33)34)42-25(21)31(35,36)37)10-39-26(43)28(47)40-17-2-3-18(22(32)8-17)27(46)41-24-19-12-44(13-20(19)24)29(48)15-4-6-38-7-5-15/h2-3,8,10,14-16,19-20,24,38H,4-7,9,11-13H2,1H3,(H,40,47)(H,41,46). The first-order valence-electron chi connectivity index (χ1n) is 15.7. The van der Waals surface area contributed by atoms with Crippen molar-refractivity contribution < 1.29 is 36.3 Å². The fourth-order valence-electron chi connectivity index (χ4n) is 6.92. The molecule has 3 atom stereocenters. The third-order valence-electron chi connectivity index (χ3n) is 9.82. The second kappa shape index (κ2) is 11.8. The molecule has 2 saturated carbocycles. The number of aromatic nitrogens is 4. The van der Waals surface area contributed by atoms with E-state index in [2.05, 4.69) is 26.0 Å². The predicted octanol–water partition coefficient (Wildman–Crippen LogP) is 4.05. The van der Waals surface area contributed by atoms with E-state index >= 15 is 0 Å². The Morgan fingerprint density at radius 1 is 1.10 bits per heavy atom. The number of fused-ring (bicyclic) bond motifs is 1. The summed E-state index contributed by atoms with van der Waals surface area (Å²) >= 11 is 6.41. The lowest BCUT2D eigenvalue weighted by molar-refractivity contribution is -0.141. The first-order valence-corrected chi connectivity index (χ1v) is 16.0. The number of nitrogens with one attached hydrogen (secondary N) is 3. The minimum absolute atomic E-state index is 0.0535. The molecule has 1 aromatic carbocycles. The normalized spacial score (nSPS) is 24.7. The van der Waals surface area contributed by atoms with Crippen molar-refractivity contribution in [1.29, 1.82) is 0 Å². The Balaban J connectivity index is 0.974. The molecule has 4 aliphatic rings. The molecule has 3 amide bonds. The molecule has 0 spiro atoms. The molecular weight excluding hydrogens is 663 g/mol. The lowest BCUT2D eigenvalue weighted by atomic mass is 9.96. The molecule has 2 aliphatic heterocycles. The Morgan fingerprint density at radius 2 is 1.79 bits per heavy atom. The van der Waals surface area contributed by atoms with E-state index in [-0.39, 0.29) is 69.9 Å². The fraction of sp³-hybridized carbons (Fsp3) is 0.516. The summed E-state index contributed by atoms with van der Waals surface area (Å²) in [6.45, 7) is 2.54. The van der Waals surface area contributed by atoms with Gasteiger partial charge in [0.25, 0.3) is 17.7 Å². The third-order valence-corrected chi connectivity index (χ3v) is 10.1. The third kappa shape index (κ3) is 6.15. The molecule has 0 bridgehead atoms. The van der Waals surface area contributed by atoms with Crippen LogP contribution in [0.25, 0.3) is 11.3 Å². The van der Waals surface area contributed by atoms with Gasteiger partial charge in [0.15, 0.2) is 11.5 Å². The van der Waals surface area contributed by atoms with Gasteiger partial charge in [0, 0.05) is 74.7 Å². The van der Waals surface area contributed by atoms with E-state index < -0.39 is 41.6 Å². The van der Waals surface area contributed by atoms with Crippen LogP contribution in [0.15, 0.2) is 30.6 Å². The molecule has 11 nitrogen and oxygen atoms in total. The van der Waals surface area contributed by atoms with Gasteiger partial charge in [-0.1, -0.05) is 11.6 Å². The van der Waals surface area contributed by atoms with Crippen LogP contribution in [-0.2, 0) is 24.6 Å². The zero-order valence-electron chi connectivity index (χ0n) is 25.7. The second-order valence-corrected chi connectivity index (χ2v) is 13.4. The van der Waals surface area contributed by atoms with Crippen molar-refractivity contribution in [3.8, 4) is 11.3 Å². The van der Waals surface area contributed by atoms with Gasteiger partial charge in [0.2, 0.25) is 5.91 Å². The minimum Gasteiger partial charge on any atom is -0.349 e. The molecular formula is C31H32ClF5N8O3. The summed E-state index contributed by atoms with van der Waals surface area (Å²) in [5.74, 6) is -4.75. The maximum Gasteiger partial charge on any atom is 0.435 e. The van der Waals surface area contributed by atoms with Crippen LogP contribution in [0.1, 0.15) is 45.9 Å². The Bertz CT molecular complexity index is 1770. The van der Waals surface area contributed by atoms with Gasteiger partial charge in [-0.2, -0.15) is 18.3 Å². The average molecular weight is 695 g/mol. The number of alkyl halides is 5. The molecule has 2 aliphatic carbocycles. The molecule has 3 N–H and O–H groups in total. The zero-order valence-corrected chi connectivity index (χ0v) is 26.4. The first kappa shape index (κ1) is 32.5. The van der Waals surface area contributed by atoms with E-state index in [0.29, 0.717) is 13.1 Å². The van der Waals surface area contributed by atoms with Crippen LogP contribution in [0, 0.1) is 23.7 Å². The molecule has 256 valence electrons. The number of carbonyl (C=O) groups excluding carboxylic acids is 3. The van der Waals surface area contributed by atoms with E-state index in [1.54, 1.807) is 0 Å². The van der Waals surface area contributed by atoms with Gasteiger partial charge in [0.1, 0.15) is 0 Å². The van der Waals surface area contributed by atoms with E-state index in [0.717, 1.165) is 47.6 Å². The summed E-state index contributed by atoms with van der Waals surface area (Å²) in [4.78, 5) is 44.9. The minimum atomic E-state index is -4.88. The molecule has 0 radical (unpaired) electrons. The predicted molar refractivity (Wildman–Crippen MR) is 162 cm³/mol. The lowest BCUT2D eigenvalue weighted by Gasteiger charge is -2.28. The Hall–Kier alpha value is -4.05. The highest BCUT2D eigenvalue weighted by atomic mass is 35.5. The number of hydrogen-bond donors (Lipinski definition) is 3. The number of benzene rings is 1. The molecule has 3 unspecified atom stereocenters. The molecule has 2 aromatic heterocycles. The van der Waals surface area contributed by atoms with Crippen molar-refractivity contribution in [1.82, 2.24) is 34.9 Å². The second-order valence-electron chi connectivity index (χ2n) is 13.0. The van der Waals surface area contributed by atoms with Crippen molar-refractivity contribution >= 4 is 35.0 Å². The Morgan fingerprint density at radius 3 is 2.42 bits per heavy atom. The van der Waals surface area contributed by atoms with Crippen LogP contribution < -0.4 is 16.0 Å². The molecule has 2 saturated heterocycles. The summed E-state index contributed by atoms with van der Waals surface area (Å²) < 4.78 is 70.2. The maximum absolute atomic E-state index is 13.8. The number of carbonyl (C=O) groups is 3. The Labute approximate surface area is 276 Å². The van der Waals surface area contributed by atoms with E-state index in [1.807, 2.05) is 4.90 Å². The van der Waals surface area contributed by atoms with Gasteiger partial charge in [-0.15, -0.1) is 0 Å². The maximum atomic E-state index is 13.8. The number of nitrogens with zero attached hydrogens (tertiary/aromatic N) is 5. The van der Waals surface area contributed by atoms with Crippen LogP contribution in [0.4, 0.5) is 27.6 Å². The average Bonchev–Trinajstić information content (AvgIpc) is 3.51. The summed E-state index contributed by atoms with van der Waals surface area (Å²) in [6.07, 6.45) is -1.52. The SMILES string of the molecule is Cn1c(-c2cn(CC3CC3(F)F)nc2C(F)(F)F)cnc1C(=O)Nc1ccc(C(=O)NC2C3CN(C(=O)C4CCNCC4)CC32)c(Cl)c1. The van der Waals surface area contributed by atoms with Crippen LogP contribution in [-0.4, -0.2) is 80.1 Å².